The topological polar surface area (TPSA) is 37.3 Å². The van der Waals surface area contributed by atoms with E-state index >= 15 is 0 Å². The molecule has 1 N–H and O–H groups in total. The Labute approximate surface area is 104 Å². The van der Waals surface area contributed by atoms with Crippen LogP contribution in [0.4, 0.5) is 0 Å². The first-order valence-corrected chi connectivity index (χ1v) is 6.06. The lowest BCUT2D eigenvalue weighted by atomic mass is 10.2. The third-order valence-corrected chi connectivity index (χ3v) is 2.85. The van der Waals surface area contributed by atoms with Crippen molar-refractivity contribution in [3.05, 3.63) is 28.8 Å². The van der Waals surface area contributed by atoms with E-state index in [1.165, 1.54) is 24.8 Å². The van der Waals surface area contributed by atoms with Crippen molar-refractivity contribution in [3.8, 4) is 17.6 Å². The van der Waals surface area contributed by atoms with E-state index in [2.05, 4.69) is 11.8 Å². The minimum atomic E-state index is 0.0339. The summed E-state index contributed by atoms with van der Waals surface area (Å²) >= 11 is 6.92. The summed E-state index contributed by atoms with van der Waals surface area (Å²) in [6, 6.07) is 4.87. The molecule has 84 valence electrons. The van der Waals surface area contributed by atoms with Crippen LogP contribution in [0.15, 0.2) is 18.2 Å². The average Bonchev–Trinajstić information content (AvgIpc) is 2.22. The number of thioether (sulfide) groups is 1. The lowest BCUT2D eigenvalue weighted by Gasteiger charge is -1.95. The van der Waals surface area contributed by atoms with Gasteiger partial charge >= 0.3 is 0 Å². The summed E-state index contributed by atoms with van der Waals surface area (Å²) in [4.78, 5) is 10.6. The van der Waals surface area contributed by atoms with Crippen molar-refractivity contribution in [3.63, 3.8) is 0 Å². The van der Waals surface area contributed by atoms with Crippen molar-refractivity contribution >= 4 is 28.5 Å². The van der Waals surface area contributed by atoms with Gasteiger partial charge in [0.15, 0.2) is 5.12 Å². The van der Waals surface area contributed by atoms with E-state index in [0.29, 0.717) is 17.2 Å². The van der Waals surface area contributed by atoms with Crippen molar-refractivity contribution in [1.82, 2.24) is 0 Å². The lowest BCUT2D eigenvalue weighted by molar-refractivity contribution is -0.109. The van der Waals surface area contributed by atoms with E-state index in [-0.39, 0.29) is 10.9 Å². The van der Waals surface area contributed by atoms with E-state index in [9.17, 15) is 9.90 Å². The summed E-state index contributed by atoms with van der Waals surface area (Å²) in [5.74, 6) is 6.55. The zero-order chi connectivity index (χ0) is 12.0. The van der Waals surface area contributed by atoms with Crippen molar-refractivity contribution in [1.29, 1.82) is 0 Å². The summed E-state index contributed by atoms with van der Waals surface area (Å²) < 4.78 is 0. The van der Waals surface area contributed by atoms with Crippen molar-refractivity contribution in [2.24, 2.45) is 0 Å². The molecule has 16 heavy (non-hydrogen) atoms. The number of carbonyl (C=O) groups excluding carboxylic acids is 1. The van der Waals surface area contributed by atoms with Gasteiger partial charge < -0.3 is 5.11 Å². The predicted molar refractivity (Wildman–Crippen MR) is 67.8 cm³/mol. The summed E-state index contributed by atoms with van der Waals surface area (Å²) in [6.45, 7) is 1.54. The van der Waals surface area contributed by atoms with Crippen LogP contribution >= 0.6 is 23.4 Å². The maximum absolute atomic E-state index is 10.6. The van der Waals surface area contributed by atoms with Crippen LogP contribution in [0.25, 0.3) is 0 Å². The maximum Gasteiger partial charge on any atom is 0.185 e. The molecule has 0 heterocycles. The van der Waals surface area contributed by atoms with Crippen LogP contribution in [0.5, 0.6) is 5.75 Å². The molecule has 0 bridgehead atoms. The van der Waals surface area contributed by atoms with Crippen LogP contribution < -0.4 is 0 Å². The highest BCUT2D eigenvalue weighted by Gasteiger charge is 1.97. The molecule has 1 aromatic rings. The van der Waals surface area contributed by atoms with Crippen molar-refractivity contribution in [2.45, 2.75) is 13.3 Å². The van der Waals surface area contributed by atoms with E-state index < -0.39 is 0 Å². The van der Waals surface area contributed by atoms with Crippen LogP contribution in [-0.4, -0.2) is 16.0 Å². The second kappa shape index (κ2) is 6.47. The molecule has 0 fully saturated rings. The molecule has 1 rings (SSSR count). The highest BCUT2D eigenvalue weighted by atomic mass is 35.5. The van der Waals surface area contributed by atoms with Gasteiger partial charge in [0.1, 0.15) is 5.75 Å². The van der Waals surface area contributed by atoms with Gasteiger partial charge in [0.05, 0.1) is 5.02 Å². The van der Waals surface area contributed by atoms with Gasteiger partial charge in [0.2, 0.25) is 0 Å². The first kappa shape index (κ1) is 13.0. The first-order chi connectivity index (χ1) is 7.59. The molecule has 0 radical (unpaired) electrons. The molecule has 0 aliphatic rings. The molecule has 0 aliphatic heterocycles. The van der Waals surface area contributed by atoms with Gasteiger partial charge in [-0.2, -0.15) is 0 Å². The van der Waals surface area contributed by atoms with E-state index in [1.54, 1.807) is 12.1 Å². The van der Waals surface area contributed by atoms with Gasteiger partial charge in [0.25, 0.3) is 0 Å². The molecule has 0 saturated heterocycles. The molecule has 0 aliphatic carbocycles. The van der Waals surface area contributed by atoms with E-state index in [1.807, 2.05) is 0 Å². The van der Waals surface area contributed by atoms with Gasteiger partial charge in [-0.15, -0.1) is 0 Å². The largest absolute Gasteiger partial charge is 0.506 e. The zero-order valence-electron chi connectivity index (χ0n) is 8.79. The van der Waals surface area contributed by atoms with Crippen LogP contribution in [0.2, 0.25) is 5.02 Å². The summed E-state index contributed by atoms with van der Waals surface area (Å²) in [6.07, 6.45) is 0.646. The minimum Gasteiger partial charge on any atom is -0.506 e. The quantitative estimate of drug-likeness (QED) is 0.651. The fourth-order valence-corrected chi connectivity index (χ4v) is 1.61. The second-order valence-electron chi connectivity index (χ2n) is 3.06. The Morgan fingerprint density at radius 2 is 2.31 bits per heavy atom. The Kier molecular flexibility index (Phi) is 5.24. The van der Waals surface area contributed by atoms with Gasteiger partial charge in [-0.05, 0) is 18.2 Å². The van der Waals surface area contributed by atoms with Crippen LogP contribution in [-0.2, 0) is 4.79 Å². The molecule has 0 atom stereocenters. The molecular weight excluding hydrogens is 244 g/mol. The molecule has 0 saturated carbocycles. The molecule has 0 unspecified atom stereocenters. The number of rotatable bonds is 2. The monoisotopic (exact) mass is 254 g/mol. The number of halogens is 1. The first-order valence-electron chi connectivity index (χ1n) is 4.70. The maximum atomic E-state index is 10.6. The molecule has 0 aromatic heterocycles. The van der Waals surface area contributed by atoms with Crippen LogP contribution in [0.3, 0.4) is 0 Å². The van der Waals surface area contributed by atoms with Gasteiger partial charge in [-0.3, -0.25) is 4.79 Å². The molecular formula is C12H11ClO2S. The molecule has 0 amide bonds. The number of benzene rings is 1. The third kappa shape index (κ3) is 4.61. The Hall–Kier alpha value is -1.11. The number of carbonyl (C=O) groups is 1. The summed E-state index contributed by atoms with van der Waals surface area (Å²) in [5.41, 5.74) is 0.717. The smallest absolute Gasteiger partial charge is 0.185 e. The number of hydrogen-bond donors (Lipinski definition) is 1. The number of phenols is 1. The van der Waals surface area contributed by atoms with Crippen molar-refractivity contribution < 1.29 is 9.90 Å². The van der Waals surface area contributed by atoms with E-state index in [0.717, 1.165) is 5.56 Å². The Bertz CT molecular complexity index is 446. The lowest BCUT2D eigenvalue weighted by Crippen LogP contribution is -1.84. The van der Waals surface area contributed by atoms with Crippen LogP contribution in [0, 0.1) is 11.8 Å². The fraction of sp³-hybridized carbons (Fsp3) is 0.250. The Balaban J connectivity index is 2.50. The second-order valence-corrected chi connectivity index (χ2v) is 4.74. The SMILES string of the molecule is CC(=O)SCCC#Cc1ccc(Cl)c(O)c1. The standard InChI is InChI=1S/C12H11ClO2S/c1-9(14)16-7-3-2-4-10-5-6-11(13)12(15)8-10/h5-6,8,15H,3,7H2,1H3. The predicted octanol–water partition coefficient (Wildman–Crippen LogP) is 3.07. The average molecular weight is 255 g/mol. The number of phenolic OH excluding ortho intramolecular Hbond substituents is 1. The van der Waals surface area contributed by atoms with Crippen molar-refractivity contribution in [2.75, 3.05) is 5.75 Å². The molecule has 4 heteroatoms. The third-order valence-electron chi connectivity index (χ3n) is 1.71. The highest BCUT2D eigenvalue weighted by Crippen LogP contribution is 2.23. The zero-order valence-corrected chi connectivity index (χ0v) is 10.4. The number of aromatic hydroxyl groups is 1. The number of hydrogen-bond acceptors (Lipinski definition) is 3. The Morgan fingerprint density at radius 3 is 2.94 bits per heavy atom. The summed E-state index contributed by atoms with van der Waals surface area (Å²) in [5, 5.41) is 9.75. The van der Waals surface area contributed by atoms with Gasteiger partial charge in [-0.25, -0.2) is 0 Å². The highest BCUT2D eigenvalue weighted by molar-refractivity contribution is 8.13. The molecule has 2 nitrogen and oxygen atoms in total. The minimum absolute atomic E-state index is 0.0339. The Morgan fingerprint density at radius 1 is 1.56 bits per heavy atom. The van der Waals surface area contributed by atoms with Crippen LogP contribution in [0.1, 0.15) is 18.9 Å². The fourth-order valence-electron chi connectivity index (χ4n) is 1.00. The van der Waals surface area contributed by atoms with E-state index in [4.69, 9.17) is 11.6 Å². The summed E-state index contributed by atoms with van der Waals surface area (Å²) in [7, 11) is 0. The van der Waals surface area contributed by atoms with Gasteiger partial charge in [0, 0.05) is 24.7 Å². The molecule has 0 spiro atoms. The van der Waals surface area contributed by atoms with Gasteiger partial charge in [-0.1, -0.05) is 35.2 Å². The molecule has 1 aromatic carbocycles. The normalized spacial score (nSPS) is 9.38.